The maximum atomic E-state index is 12.2. The van der Waals surface area contributed by atoms with Crippen LogP contribution in [0.1, 0.15) is 31.7 Å². The molecule has 0 unspecified atom stereocenters. The fourth-order valence-corrected chi connectivity index (χ4v) is 3.96. The average molecular weight is 419 g/mol. The molecule has 1 N–H and O–H groups in total. The first kappa shape index (κ1) is 22.7. The van der Waals surface area contributed by atoms with E-state index in [0.717, 1.165) is 12.8 Å². The predicted octanol–water partition coefficient (Wildman–Crippen LogP) is 3.38. The molecule has 2 aromatic rings. The number of hydrogen-bond acceptors (Lipinski definition) is 4. The second-order valence-corrected chi connectivity index (χ2v) is 8.71. The number of carbonyl (C=O) groups is 1. The van der Waals surface area contributed by atoms with Gasteiger partial charge in [0.05, 0.1) is 18.6 Å². The molecule has 0 aromatic heterocycles. The lowest BCUT2D eigenvalue weighted by Crippen LogP contribution is -2.32. The van der Waals surface area contributed by atoms with Crippen molar-refractivity contribution in [2.75, 3.05) is 30.3 Å². The lowest BCUT2D eigenvalue weighted by molar-refractivity contribution is -0.121. The zero-order valence-corrected chi connectivity index (χ0v) is 18.0. The minimum absolute atomic E-state index is 0.0572. The predicted molar refractivity (Wildman–Crippen MR) is 117 cm³/mol. The number of nitrogens with one attached hydrogen (secondary N) is 1. The first-order chi connectivity index (χ1) is 13.9. The van der Waals surface area contributed by atoms with Crippen LogP contribution < -0.4 is 14.4 Å². The summed E-state index contributed by atoms with van der Waals surface area (Å²) >= 11 is 0. The van der Waals surface area contributed by atoms with Crippen molar-refractivity contribution in [3.8, 4) is 5.75 Å². The molecule has 2 aromatic carbocycles. The zero-order valence-electron chi connectivity index (χ0n) is 17.1. The number of hydrogen-bond donors (Lipinski definition) is 1. The first-order valence-electron chi connectivity index (χ1n) is 9.91. The highest BCUT2D eigenvalue weighted by molar-refractivity contribution is 7.92. The van der Waals surface area contributed by atoms with E-state index in [1.54, 1.807) is 24.3 Å². The average Bonchev–Trinajstić information content (AvgIpc) is 2.69. The maximum absolute atomic E-state index is 12.2. The van der Waals surface area contributed by atoms with E-state index in [-0.39, 0.29) is 18.9 Å². The lowest BCUT2D eigenvalue weighted by atomic mass is 10.1. The Labute approximate surface area is 173 Å². The molecule has 0 radical (unpaired) electrons. The summed E-state index contributed by atoms with van der Waals surface area (Å²) in [6.07, 6.45) is 3.70. The van der Waals surface area contributed by atoms with Crippen molar-refractivity contribution in [3.63, 3.8) is 0 Å². The molecule has 158 valence electrons. The van der Waals surface area contributed by atoms with Crippen LogP contribution in [-0.4, -0.2) is 40.3 Å². The Balaban J connectivity index is 1.76. The molecular formula is C22H30N2O4S. The minimum atomic E-state index is -3.43. The van der Waals surface area contributed by atoms with Gasteiger partial charge in [0.15, 0.2) is 0 Å². The summed E-state index contributed by atoms with van der Waals surface area (Å²) in [6, 6.07) is 17.1. The quantitative estimate of drug-likeness (QED) is 0.536. The van der Waals surface area contributed by atoms with Crippen LogP contribution in [0.2, 0.25) is 0 Å². The topological polar surface area (TPSA) is 75.7 Å². The number of rotatable bonds is 12. The summed E-state index contributed by atoms with van der Waals surface area (Å²) in [5.74, 6) is 0.637. The Bertz CT molecular complexity index is 852. The Morgan fingerprint density at radius 3 is 2.34 bits per heavy atom. The number of ether oxygens (including phenoxy) is 1. The van der Waals surface area contributed by atoms with Crippen LogP contribution in [0.5, 0.6) is 5.75 Å². The van der Waals surface area contributed by atoms with Gasteiger partial charge in [-0.15, -0.1) is 0 Å². The molecular weight excluding hydrogens is 388 g/mol. The van der Waals surface area contributed by atoms with E-state index < -0.39 is 10.0 Å². The van der Waals surface area contributed by atoms with Crippen molar-refractivity contribution < 1.29 is 17.9 Å². The van der Waals surface area contributed by atoms with Gasteiger partial charge >= 0.3 is 0 Å². The fourth-order valence-electron chi connectivity index (χ4n) is 3.00. The number of anilines is 1. The number of nitrogens with zero attached hydrogens (tertiary/aromatic N) is 1. The summed E-state index contributed by atoms with van der Waals surface area (Å²) < 4.78 is 31.0. The molecule has 7 heteroatoms. The SMILES string of the molecule is CCOc1ccc(N(CCCC(=O)NCCCc2ccccc2)S(C)(=O)=O)cc1. The molecule has 0 atom stereocenters. The van der Waals surface area contributed by atoms with Crippen LogP contribution in [0.15, 0.2) is 54.6 Å². The molecule has 2 rings (SSSR count). The van der Waals surface area contributed by atoms with Gasteiger partial charge in [-0.05, 0) is 56.0 Å². The number of aryl methyl sites for hydroxylation is 1. The standard InChI is InChI=1S/C22H30N2O4S/c1-3-28-21-15-13-20(14-16-21)24(29(2,26)27)18-8-12-22(25)23-17-7-11-19-9-5-4-6-10-19/h4-6,9-10,13-16H,3,7-8,11-12,17-18H2,1-2H3,(H,23,25). The normalized spacial score (nSPS) is 11.1. The van der Waals surface area contributed by atoms with Crippen LogP contribution in [0.3, 0.4) is 0 Å². The second kappa shape index (κ2) is 11.5. The van der Waals surface area contributed by atoms with Crippen molar-refractivity contribution in [2.24, 2.45) is 0 Å². The molecule has 1 amide bonds. The van der Waals surface area contributed by atoms with Crippen molar-refractivity contribution in [2.45, 2.75) is 32.6 Å². The highest BCUT2D eigenvalue weighted by Crippen LogP contribution is 2.22. The molecule has 29 heavy (non-hydrogen) atoms. The van der Waals surface area contributed by atoms with Crippen LogP contribution in [0.25, 0.3) is 0 Å². The Hall–Kier alpha value is -2.54. The molecule has 0 fully saturated rings. The van der Waals surface area contributed by atoms with Gasteiger partial charge in [0.1, 0.15) is 5.75 Å². The van der Waals surface area contributed by atoms with Gasteiger partial charge in [-0.25, -0.2) is 8.42 Å². The monoisotopic (exact) mass is 418 g/mol. The van der Waals surface area contributed by atoms with Crippen LogP contribution in [0.4, 0.5) is 5.69 Å². The smallest absolute Gasteiger partial charge is 0.232 e. The molecule has 0 heterocycles. The van der Waals surface area contributed by atoms with Crippen LogP contribution in [0, 0.1) is 0 Å². The number of carbonyl (C=O) groups excluding carboxylic acids is 1. The van der Waals surface area contributed by atoms with Gasteiger partial charge in [0, 0.05) is 19.5 Å². The van der Waals surface area contributed by atoms with Crippen molar-refractivity contribution in [1.29, 1.82) is 0 Å². The number of benzene rings is 2. The molecule has 0 spiro atoms. The van der Waals surface area contributed by atoms with Gasteiger partial charge in [-0.3, -0.25) is 9.10 Å². The zero-order chi connectivity index (χ0) is 21.1. The highest BCUT2D eigenvalue weighted by Gasteiger charge is 2.17. The summed E-state index contributed by atoms with van der Waals surface area (Å²) in [6.45, 7) is 3.31. The van der Waals surface area contributed by atoms with Gasteiger partial charge < -0.3 is 10.1 Å². The summed E-state index contributed by atoms with van der Waals surface area (Å²) in [5.41, 5.74) is 1.82. The van der Waals surface area contributed by atoms with E-state index >= 15 is 0 Å². The van der Waals surface area contributed by atoms with Crippen LogP contribution in [-0.2, 0) is 21.2 Å². The largest absolute Gasteiger partial charge is 0.494 e. The van der Waals surface area contributed by atoms with Crippen molar-refractivity contribution in [3.05, 3.63) is 60.2 Å². The highest BCUT2D eigenvalue weighted by atomic mass is 32.2. The molecule has 0 aliphatic heterocycles. The Kier molecular flexibility index (Phi) is 8.99. The van der Waals surface area contributed by atoms with Crippen LogP contribution >= 0.6 is 0 Å². The van der Waals surface area contributed by atoms with Gasteiger partial charge in [0.25, 0.3) is 0 Å². The number of amides is 1. The maximum Gasteiger partial charge on any atom is 0.232 e. The summed E-state index contributed by atoms with van der Waals surface area (Å²) in [5, 5.41) is 2.90. The fraction of sp³-hybridized carbons (Fsp3) is 0.409. The summed E-state index contributed by atoms with van der Waals surface area (Å²) in [4.78, 5) is 12.0. The van der Waals surface area contributed by atoms with Crippen molar-refractivity contribution in [1.82, 2.24) is 5.32 Å². The molecule has 0 saturated heterocycles. The Morgan fingerprint density at radius 1 is 1.03 bits per heavy atom. The molecule has 0 saturated carbocycles. The van der Waals surface area contributed by atoms with E-state index in [1.807, 2.05) is 25.1 Å². The lowest BCUT2D eigenvalue weighted by Gasteiger charge is -2.22. The first-order valence-corrected chi connectivity index (χ1v) is 11.8. The molecule has 6 nitrogen and oxygen atoms in total. The van der Waals surface area contributed by atoms with E-state index in [2.05, 4.69) is 17.4 Å². The third kappa shape index (κ3) is 8.15. The van der Waals surface area contributed by atoms with E-state index in [9.17, 15) is 13.2 Å². The molecule has 0 bridgehead atoms. The Morgan fingerprint density at radius 2 is 1.72 bits per heavy atom. The third-order valence-corrected chi connectivity index (χ3v) is 5.60. The second-order valence-electron chi connectivity index (χ2n) is 6.80. The van der Waals surface area contributed by atoms with Gasteiger partial charge in [-0.2, -0.15) is 0 Å². The van der Waals surface area contributed by atoms with Crippen molar-refractivity contribution >= 4 is 21.6 Å². The molecule has 0 aliphatic rings. The van der Waals surface area contributed by atoms with Gasteiger partial charge in [0.2, 0.25) is 15.9 Å². The molecule has 0 aliphatic carbocycles. The minimum Gasteiger partial charge on any atom is -0.494 e. The van der Waals surface area contributed by atoms with E-state index in [0.29, 0.717) is 31.0 Å². The third-order valence-electron chi connectivity index (χ3n) is 4.41. The van der Waals surface area contributed by atoms with E-state index in [4.69, 9.17) is 4.74 Å². The van der Waals surface area contributed by atoms with Gasteiger partial charge in [-0.1, -0.05) is 30.3 Å². The summed E-state index contributed by atoms with van der Waals surface area (Å²) in [7, 11) is -3.43. The van der Waals surface area contributed by atoms with E-state index in [1.165, 1.54) is 16.1 Å². The number of sulfonamides is 1.